The van der Waals surface area contributed by atoms with Crippen molar-refractivity contribution in [3.63, 3.8) is 0 Å². The molecule has 1 unspecified atom stereocenters. The molecule has 4 nitrogen and oxygen atoms in total. The van der Waals surface area contributed by atoms with Gasteiger partial charge in [-0.15, -0.1) is 0 Å². The van der Waals surface area contributed by atoms with Crippen LogP contribution in [0.3, 0.4) is 0 Å². The predicted molar refractivity (Wildman–Crippen MR) is 62.3 cm³/mol. The Labute approximate surface area is 98.8 Å². The third-order valence-corrected chi connectivity index (χ3v) is 2.80. The Balaban J connectivity index is 1.93. The SMILES string of the molecule is OC(c1ccc2c(c1)OCCO2)c1ccc[nH]1. The van der Waals surface area contributed by atoms with Gasteiger partial charge >= 0.3 is 0 Å². The first-order valence-corrected chi connectivity index (χ1v) is 5.55. The number of rotatable bonds is 2. The van der Waals surface area contributed by atoms with E-state index in [9.17, 15) is 5.11 Å². The Hall–Kier alpha value is -1.94. The van der Waals surface area contributed by atoms with Crippen LogP contribution in [0.15, 0.2) is 36.5 Å². The van der Waals surface area contributed by atoms with E-state index in [1.54, 1.807) is 6.20 Å². The topological polar surface area (TPSA) is 54.5 Å². The number of aromatic nitrogens is 1. The molecular formula is C13H13NO3. The summed E-state index contributed by atoms with van der Waals surface area (Å²) in [5.41, 5.74) is 1.55. The van der Waals surface area contributed by atoms with Gasteiger partial charge in [0, 0.05) is 11.9 Å². The average molecular weight is 231 g/mol. The Morgan fingerprint density at radius 1 is 1.12 bits per heavy atom. The van der Waals surface area contributed by atoms with Crippen LogP contribution in [-0.2, 0) is 0 Å². The van der Waals surface area contributed by atoms with Gasteiger partial charge in [-0.3, -0.25) is 0 Å². The summed E-state index contributed by atoms with van der Waals surface area (Å²) in [5, 5.41) is 10.2. The summed E-state index contributed by atoms with van der Waals surface area (Å²) < 4.78 is 10.9. The zero-order valence-corrected chi connectivity index (χ0v) is 9.22. The van der Waals surface area contributed by atoms with E-state index in [4.69, 9.17) is 9.47 Å². The number of hydrogen-bond acceptors (Lipinski definition) is 3. The average Bonchev–Trinajstić information content (AvgIpc) is 2.91. The number of aromatic amines is 1. The number of hydrogen-bond donors (Lipinski definition) is 2. The summed E-state index contributed by atoms with van der Waals surface area (Å²) >= 11 is 0. The molecule has 2 aromatic rings. The molecule has 2 N–H and O–H groups in total. The molecule has 0 radical (unpaired) electrons. The highest BCUT2D eigenvalue weighted by molar-refractivity contribution is 5.45. The highest BCUT2D eigenvalue weighted by Crippen LogP contribution is 2.33. The molecule has 3 rings (SSSR count). The van der Waals surface area contributed by atoms with Crippen molar-refractivity contribution in [1.29, 1.82) is 0 Å². The maximum absolute atomic E-state index is 10.2. The lowest BCUT2D eigenvalue weighted by atomic mass is 10.1. The van der Waals surface area contributed by atoms with Crippen LogP contribution in [0.4, 0.5) is 0 Å². The summed E-state index contributed by atoms with van der Waals surface area (Å²) in [6.45, 7) is 1.13. The molecule has 17 heavy (non-hydrogen) atoms. The van der Waals surface area contributed by atoms with E-state index < -0.39 is 6.10 Å². The Morgan fingerprint density at radius 2 is 1.94 bits per heavy atom. The largest absolute Gasteiger partial charge is 0.486 e. The molecule has 0 amide bonds. The van der Waals surface area contributed by atoms with E-state index in [2.05, 4.69) is 4.98 Å². The highest BCUT2D eigenvalue weighted by Gasteiger charge is 2.16. The fourth-order valence-electron chi connectivity index (χ4n) is 1.92. The van der Waals surface area contributed by atoms with Crippen molar-refractivity contribution in [2.75, 3.05) is 13.2 Å². The van der Waals surface area contributed by atoms with Crippen molar-refractivity contribution >= 4 is 0 Å². The molecular weight excluding hydrogens is 218 g/mol. The predicted octanol–water partition coefficient (Wildman–Crippen LogP) is 1.87. The second kappa shape index (κ2) is 4.14. The quantitative estimate of drug-likeness (QED) is 0.829. The minimum atomic E-state index is -0.666. The first kappa shape index (κ1) is 10.2. The van der Waals surface area contributed by atoms with Crippen LogP contribution in [0, 0.1) is 0 Å². The highest BCUT2D eigenvalue weighted by atomic mass is 16.6. The minimum absolute atomic E-state index is 0.551. The molecule has 1 aliphatic rings. The molecule has 0 fully saturated rings. The van der Waals surface area contributed by atoms with Crippen molar-refractivity contribution in [3.05, 3.63) is 47.8 Å². The van der Waals surface area contributed by atoms with Gasteiger partial charge in [0.05, 0.1) is 0 Å². The summed E-state index contributed by atoms with van der Waals surface area (Å²) in [5.74, 6) is 1.43. The van der Waals surface area contributed by atoms with Gasteiger partial charge in [0.2, 0.25) is 0 Å². The second-order valence-electron chi connectivity index (χ2n) is 3.93. The molecule has 0 spiro atoms. The molecule has 1 aliphatic heterocycles. The third-order valence-electron chi connectivity index (χ3n) is 2.80. The summed E-state index contributed by atoms with van der Waals surface area (Å²) in [4.78, 5) is 2.99. The molecule has 0 bridgehead atoms. The molecule has 1 aromatic carbocycles. The van der Waals surface area contributed by atoms with Gasteiger partial charge in [0.25, 0.3) is 0 Å². The van der Waals surface area contributed by atoms with E-state index in [1.165, 1.54) is 0 Å². The number of benzene rings is 1. The number of aliphatic hydroxyl groups is 1. The molecule has 4 heteroatoms. The smallest absolute Gasteiger partial charge is 0.161 e. The Kier molecular flexibility index (Phi) is 2.49. The summed E-state index contributed by atoms with van der Waals surface area (Å²) in [7, 11) is 0. The normalized spacial score (nSPS) is 15.6. The van der Waals surface area contributed by atoms with E-state index in [0.717, 1.165) is 17.0 Å². The molecule has 1 atom stereocenters. The fourth-order valence-corrected chi connectivity index (χ4v) is 1.92. The van der Waals surface area contributed by atoms with Crippen LogP contribution < -0.4 is 9.47 Å². The van der Waals surface area contributed by atoms with Gasteiger partial charge in [-0.1, -0.05) is 6.07 Å². The minimum Gasteiger partial charge on any atom is -0.486 e. The zero-order chi connectivity index (χ0) is 11.7. The van der Waals surface area contributed by atoms with Crippen LogP contribution in [0.2, 0.25) is 0 Å². The van der Waals surface area contributed by atoms with E-state index >= 15 is 0 Å². The lowest BCUT2D eigenvalue weighted by Gasteiger charge is -2.20. The summed E-state index contributed by atoms with van der Waals surface area (Å²) in [6, 6.07) is 9.20. The van der Waals surface area contributed by atoms with Gasteiger partial charge in [0.15, 0.2) is 11.5 Å². The number of ether oxygens (including phenoxy) is 2. The fraction of sp³-hybridized carbons (Fsp3) is 0.231. The Morgan fingerprint density at radius 3 is 2.71 bits per heavy atom. The van der Waals surface area contributed by atoms with Gasteiger partial charge in [-0.2, -0.15) is 0 Å². The summed E-state index contributed by atoms with van der Waals surface area (Å²) in [6.07, 6.45) is 1.12. The number of fused-ring (bicyclic) bond motifs is 1. The first-order chi connectivity index (χ1) is 8.34. The van der Waals surface area contributed by atoms with Gasteiger partial charge < -0.3 is 19.6 Å². The van der Waals surface area contributed by atoms with E-state index in [0.29, 0.717) is 19.0 Å². The maximum atomic E-state index is 10.2. The lowest BCUT2D eigenvalue weighted by molar-refractivity contribution is 0.169. The monoisotopic (exact) mass is 231 g/mol. The number of H-pyrrole nitrogens is 1. The molecule has 88 valence electrons. The van der Waals surface area contributed by atoms with E-state index in [1.807, 2.05) is 30.3 Å². The number of aliphatic hydroxyl groups excluding tert-OH is 1. The van der Waals surface area contributed by atoms with Gasteiger partial charge in [-0.05, 0) is 29.8 Å². The molecule has 0 saturated heterocycles. The molecule has 1 aromatic heterocycles. The van der Waals surface area contributed by atoms with Gasteiger partial charge in [0.1, 0.15) is 19.3 Å². The standard InChI is InChI=1S/C13H13NO3/c15-13(10-2-1-5-14-10)9-3-4-11-12(8-9)17-7-6-16-11/h1-5,8,13-15H,6-7H2. The van der Waals surface area contributed by atoms with Crippen LogP contribution in [0.25, 0.3) is 0 Å². The van der Waals surface area contributed by atoms with Crippen molar-refractivity contribution in [1.82, 2.24) is 4.98 Å². The van der Waals surface area contributed by atoms with Crippen molar-refractivity contribution < 1.29 is 14.6 Å². The van der Waals surface area contributed by atoms with Crippen molar-refractivity contribution in [2.45, 2.75) is 6.10 Å². The lowest BCUT2D eigenvalue weighted by Crippen LogP contribution is -2.15. The first-order valence-electron chi connectivity index (χ1n) is 5.55. The maximum Gasteiger partial charge on any atom is 0.161 e. The van der Waals surface area contributed by atoms with Crippen molar-refractivity contribution in [3.8, 4) is 11.5 Å². The van der Waals surface area contributed by atoms with Gasteiger partial charge in [-0.25, -0.2) is 0 Å². The van der Waals surface area contributed by atoms with Crippen LogP contribution in [0.1, 0.15) is 17.4 Å². The van der Waals surface area contributed by atoms with Crippen LogP contribution >= 0.6 is 0 Å². The second-order valence-corrected chi connectivity index (χ2v) is 3.93. The third kappa shape index (κ3) is 1.87. The molecule has 2 heterocycles. The molecule has 0 aliphatic carbocycles. The van der Waals surface area contributed by atoms with Crippen LogP contribution in [0.5, 0.6) is 11.5 Å². The van der Waals surface area contributed by atoms with Crippen molar-refractivity contribution in [2.24, 2.45) is 0 Å². The van der Waals surface area contributed by atoms with E-state index in [-0.39, 0.29) is 0 Å². The zero-order valence-electron chi connectivity index (χ0n) is 9.22. The van der Waals surface area contributed by atoms with Crippen LogP contribution in [-0.4, -0.2) is 23.3 Å². The Bertz CT molecular complexity index is 507. The molecule has 0 saturated carbocycles. The number of nitrogens with one attached hydrogen (secondary N) is 1.